The minimum absolute atomic E-state index is 0.00237. The van der Waals surface area contributed by atoms with Crippen molar-refractivity contribution in [2.75, 3.05) is 0 Å². The highest BCUT2D eigenvalue weighted by Crippen LogP contribution is 2.47. The van der Waals surface area contributed by atoms with Crippen LogP contribution in [0.1, 0.15) is 10.7 Å². The van der Waals surface area contributed by atoms with Gasteiger partial charge in [0.1, 0.15) is 16.5 Å². The molecule has 1 aromatic carbocycles. The van der Waals surface area contributed by atoms with Gasteiger partial charge in [-0.15, -0.1) is 10.2 Å². The van der Waals surface area contributed by atoms with E-state index in [1.807, 2.05) is 0 Å². The third-order valence-electron chi connectivity index (χ3n) is 4.78. The number of pyridine rings is 1. The van der Waals surface area contributed by atoms with E-state index in [1.54, 1.807) is 13.0 Å². The number of hydrogen-bond acceptors (Lipinski definition) is 7. The molecule has 172 valence electrons. The summed E-state index contributed by atoms with van der Waals surface area (Å²) in [6.45, 7) is 1.67. The molecule has 7 nitrogen and oxygen atoms in total. The fourth-order valence-electron chi connectivity index (χ4n) is 3.40. The van der Waals surface area contributed by atoms with Crippen LogP contribution in [0.3, 0.4) is 0 Å². The lowest BCUT2D eigenvalue weighted by Crippen LogP contribution is -2.15. The van der Waals surface area contributed by atoms with E-state index in [0.717, 1.165) is 23.6 Å². The maximum atomic E-state index is 14.7. The van der Waals surface area contributed by atoms with Crippen LogP contribution >= 0.6 is 22.9 Å². The lowest BCUT2D eigenvalue weighted by molar-refractivity contribution is -0.142. The molecule has 0 saturated heterocycles. The summed E-state index contributed by atoms with van der Waals surface area (Å²) >= 11 is 7.30. The fraction of sp³-hybridized carbons (Fsp3) is 0.0952. The molecule has 0 saturated carbocycles. The van der Waals surface area contributed by atoms with E-state index in [9.17, 15) is 17.6 Å². The van der Waals surface area contributed by atoms with Crippen molar-refractivity contribution >= 4 is 22.9 Å². The van der Waals surface area contributed by atoms with Gasteiger partial charge in [-0.25, -0.2) is 14.1 Å². The summed E-state index contributed by atoms with van der Waals surface area (Å²) in [5.41, 5.74) is -1.78. The summed E-state index contributed by atoms with van der Waals surface area (Å²) in [6, 6.07) is 8.47. The molecule has 4 heterocycles. The van der Waals surface area contributed by atoms with Crippen molar-refractivity contribution in [2.24, 2.45) is 0 Å². The molecule has 0 N–H and O–H groups in total. The van der Waals surface area contributed by atoms with Crippen molar-refractivity contribution < 1.29 is 22.1 Å². The Kier molecular flexibility index (Phi) is 5.41. The fourth-order valence-corrected chi connectivity index (χ4v) is 4.39. The first-order chi connectivity index (χ1) is 16.3. The van der Waals surface area contributed by atoms with E-state index in [2.05, 4.69) is 25.4 Å². The second-order valence-corrected chi connectivity index (χ2v) is 8.55. The Morgan fingerprint density at radius 1 is 1.06 bits per heavy atom. The Morgan fingerprint density at radius 2 is 1.88 bits per heavy atom. The van der Waals surface area contributed by atoms with Crippen LogP contribution in [0.25, 0.3) is 39.0 Å². The molecule has 5 rings (SSSR count). The highest BCUT2D eigenvalue weighted by molar-refractivity contribution is 7.14. The van der Waals surface area contributed by atoms with Crippen LogP contribution in [-0.4, -0.2) is 30.1 Å². The SMILES string of the molecule is Cc1nnc(-c2c(-c3c(F)cccc3Cl)noc2-c2cnn(-c3ccccn3)c2C(F)(F)F)s1. The van der Waals surface area contributed by atoms with Gasteiger partial charge in [-0.1, -0.05) is 40.2 Å². The maximum absolute atomic E-state index is 14.7. The minimum Gasteiger partial charge on any atom is -0.355 e. The lowest BCUT2D eigenvalue weighted by Gasteiger charge is -2.11. The van der Waals surface area contributed by atoms with Crippen molar-refractivity contribution in [3.05, 3.63) is 70.3 Å². The van der Waals surface area contributed by atoms with Crippen LogP contribution in [0.5, 0.6) is 0 Å². The van der Waals surface area contributed by atoms with E-state index in [4.69, 9.17) is 16.1 Å². The molecular weight excluding hydrogens is 496 g/mol. The standard InChI is InChI=1S/C21H11ClF4N6OS/c1-10-29-30-20(34-10)16-17(15-12(22)5-4-6-13(15)23)31-33-18(16)11-9-28-32(19(11)21(24,25)26)14-7-2-3-8-27-14/h2-9H,1H3. The molecule has 0 fully saturated rings. The zero-order valence-electron chi connectivity index (χ0n) is 17.0. The minimum atomic E-state index is -4.85. The highest BCUT2D eigenvalue weighted by atomic mass is 35.5. The third-order valence-corrected chi connectivity index (χ3v) is 5.95. The molecular formula is C21H11ClF4N6OS. The van der Waals surface area contributed by atoms with E-state index >= 15 is 0 Å². The monoisotopic (exact) mass is 506 g/mol. The molecule has 0 bridgehead atoms. The number of aromatic nitrogens is 6. The van der Waals surface area contributed by atoms with E-state index in [0.29, 0.717) is 9.69 Å². The summed E-state index contributed by atoms with van der Waals surface area (Å²) in [5, 5.41) is 16.5. The van der Waals surface area contributed by atoms with Crippen molar-refractivity contribution in [1.29, 1.82) is 0 Å². The normalized spacial score (nSPS) is 11.8. The van der Waals surface area contributed by atoms with Crippen LogP contribution < -0.4 is 0 Å². The summed E-state index contributed by atoms with van der Waals surface area (Å²) < 4.78 is 63.5. The van der Waals surface area contributed by atoms with Crippen molar-refractivity contribution in [3.63, 3.8) is 0 Å². The lowest BCUT2D eigenvalue weighted by atomic mass is 10.0. The average Bonchev–Trinajstić information content (AvgIpc) is 3.51. The van der Waals surface area contributed by atoms with Gasteiger partial charge >= 0.3 is 6.18 Å². The number of rotatable bonds is 4. The van der Waals surface area contributed by atoms with Crippen LogP contribution in [0, 0.1) is 12.7 Å². The number of benzene rings is 1. The Balaban J connectivity index is 1.82. The van der Waals surface area contributed by atoms with Gasteiger partial charge in [-0.3, -0.25) is 0 Å². The molecule has 4 aromatic heterocycles. The zero-order valence-corrected chi connectivity index (χ0v) is 18.6. The van der Waals surface area contributed by atoms with E-state index in [-0.39, 0.29) is 38.4 Å². The van der Waals surface area contributed by atoms with Crippen LogP contribution in [0.2, 0.25) is 5.02 Å². The first-order valence-electron chi connectivity index (χ1n) is 9.57. The molecule has 0 radical (unpaired) electrons. The first-order valence-corrected chi connectivity index (χ1v) is 10.8. The van der Waals surface area contributed by atoms with Gasteiger partial charge in [0.25, 0.3) is 0 Å². The quantitative estimate of drug-likeness (QED) is 0.269. The highest BCUT2D eigenvalue weighted by Gasteiger charge is 2.42. The smallest absolute Gasteiger partial charge is 0.355 e. The number of nitrogens with zero attached hydrogens (tertiary/aromatic N) is 6. The zero-order chi connectivity index (χ0) is 24.0. The second kappa shape index (κ2) is 8.29. The predicted molar refractivity (Wildman–Crippen MR) is 116 cm³/mol. The summed E-state index contributed by atoms with van der Waals surface area (Å²) in [4.78, 5) is 3.96. The van der Waals surface area contributed by atoms with Crippen LogP contribution in [0.4, 0.5) is 17.6 Å². The maximum Gasteiger partial charge on any atom is 0.434 e. The molecule has 0 aliphatic heterocycles. The predicted octanol–water partition coefficient (Wildman–Crippen LogP) is 6.23. The molecule has 0 atom stereocenters. The molecule has 0 spiro atoms. The molecule has 0 aliphatic rings. The molecule has 34 heavy (non-hydrogen) atoms. The largest absolute Gasteiger partial charge is 0.434 e. The number of alkyl halides is 3. The van der Waals surface area contributed by atoms with Gasteiger partial charge in [-0.2, -0.15) is 18.3 Å². The Labute approximate surface area is 197 Å². The van der Waals surface area contributed by atoms with E-state index < -0.39 is 23.3 Å². The van der Waals surface area contributed by atoms with Crippen LogP contribution in [-0.2, 0) is 6.18 Å². The van der Waals surface area contributed by atoms with Crippen molar-refractivity contribution in [3.8, 4) is 39.0 Å². The molecule has 5 aromatic rings. The van der Waals surface area contributed by atoms with Gasteiger partial charge in [0.05, 0.1) is 27.9 Å². The van der Waals surface area contributed by atoms with Crippen LogP contribution in [0.15, 0.2) is 53.3 Å². The molecule has 0 amide bonds. The molecule has 0 unspecified atom stereocenters. The summed E-state index contributed by atoms with van der Waals surface area (Å²) in [6.07, 6.45) is -2.51. The number of hydrogen-bond donors (Lipinski definition) is 0. The Bertz CT molecular complexity index is 1470. The first kappa shape index (κ1) is 22.2. The van der Waals surface area contributed by atoms with Gasteiger partial charge in [-0.05, 0) is 31.2 Å². The Hall–Kier alpha value is -3.64. The van der Waals surface area contributed by atoms with E-state index in [1.165, 1.54) is 30.5 Å². The second-order valence-electron chi connectivity index (χ2n) is 6.96. The topological polar surface area (TPSA) is 82.5 Å². The van der Waals surface area contributed by atoms with Gasteiger partial charge < -0.3 is 4.52 Å². The third kappa shape index (κ3) is 3.74. The summed E-state index contributed by atoms with van der Waals surface area (Å²) in [5.74, 6) is -1.08. The Morgan fingerprint density at radius 3 is 2.53 bits per heavy atom. The molecule has 0 aliphatic carbocycles. The molecule has 13 heteroatoms. The number of aryl methyl sites for hydroxylation is 1. The van der Waals surface area contributed by atoms with Crippen molar-refractivity contribution in [1.82, 2.24) is 30.1 Å². The van der Waals surface area contributed by atoms with Gasteiger partial charge in [0.2, 0.25) is 0 Å². The van der Waals surface area contributed by atoms with Crippen molar-refractivity contribution in [2.45, 2.75) is 13.1 Å². The van der Waals surface area contributed by atoms with Gasteiger partial charge in [0.15, 0.2) is 22.3 Å². The average molecular weight is 507 g/mol. The van der Waals surface area contributed by atoms with Gasteiger partial charge in [0, 0.05) is 6.20 Å². The summed E-state index contributed by atoms with van der Waals surface area (Å²) in [7, 11) is 0. The number of halogens is 5.